The Labute approximate surface area is 152 Å². The summed E-state index contributed by atoms with van der Waals surface area (Å²) in [7, 11) is 0. The minimum atomic E-state index is -4.71. The van der Waals surface area contributed by atoms with E-state index < -0.39 is 30.0 Å². The zero-order chi connectivity index (χ0) is 19.6. The number of hydrogen-bond donors (Lipinski definition) is 1. The van der Waals surface area contributed by atoms with Gasteiger partial charge in [0, 0.05) is 12.2 Å². The monoisotopic (exact) mass is 377 g/mol. The topological polar surface area (TPSA) is 46.9 Å². The summed E-state index contributed by atoms with van der Waals surface area (Å²) in [4.78, 5) is 12.3. The van der Waals surface area contributed by atoms with Crippen LogP contribution in [-0.4, -0.2) is 15.7 Å². The number of amides is 1. The van der Waals surface area contributed by atoms with Crippen LogP contribution in [0.1, 0.15) is 27.3 Å². The van der Waals surface area contributed by atoms with Crippen molar-refractivity contribution >= 4 is 5.91 Å². The van der Waals surface area contributed by atoms with Crippen LogP contribution in [0.15, 0.2) is 54.6 Å². The van der Waals surface area contributed by atoms with Crippen molar-refractivity contribution in [2.75, 3.05) is 0 Å². The number of carbonyl (C=O) groups is 1. The van der Waals surface area contributed by atoms with Crippen molar-refractivity contribution < 1.29 is 22.4 Å². The van der Waals surface area contributed by atoms with Gasteiger partial charge in [-0.3, -0.25) is 4.79 Å². The summed E-state index contributed by atoms with van der Waals surface area (Å²) < 4.78 is 53.8. The highest BCUT2D eigenvalue weighted by Crippen LogP contribution is 2.32. The summed E-state index contributed by atoms with van der Waals surface area (Å²) >= 11 is 0. The van der Waals surface area contributed by atoms with Crippen molar-refractivity contribution in [1.29, 1.82) is 0 Å². The Hall–Kier alpha value is -3.16. The lowest BCUT2D eigenvalue weighted by atomic mass is 10.1. The fourth-order valence-corrected chi connectivity index (χ4v) is 2.65. The molecule has 0 atom stereocenters. The molecule has 1 heterocycles. The van der Waals surface area contributed by atoms with Crippen LogP contribution >= 0.6 is 0 Å². The molecule has 0 aliphatic carbocycles. The predicted octanol–water partition coefficient (Wildman–Crippen LogP) is 4.27. The van der Waals surface area contributed by atoms with Gasteiger partial charge in [0.05, 0.1) is 11.3 Å². The summed E-state index contributed by atoms with van der Waals surface area (Å²) in [5.74, 6) is -1.61. The molecule has 8 heteroatoms. The number of para-hydroxylation sites is 1. The molecule has 0 spiro atoms. The van der Waals surface area contributed by atoms with E-state index in [1.54, 1.807) is 11.6 Å². The van der Waals surface area contributed by atoms with Gasteiger partial charge >= 0.3 is 6.18 Å². The molecule has 3 aromatic rings. The molecule has 3 rings (SSSR count). The Bertz CT molecular complexity index is 965. The summed E-state index contributed by atoms with van der Waals surface area (Å²) in [5, 5.41) is 6.60. The average molecular weight is 377 g/mol. The molecule has 4 nitrogen and oxygen atoms in total. The third-order valence-corrected chi connectivity index (χ3v) is 3.94. The molecule has 27 heavy (non-hydrogen) atoms. The number of aromatic nitrogens is 2. The van der Waals surface area contributed by atoms with Crippen LogP contribution < -0.4 is 5.32 Å². The van der Waals surface area contributed by atoms with Gasteiger partial charge in [-0.15, -0.1) is 0 Å². The fourth-order valence-electron chi connectivity index (χ4n) is 2.65. The van der Waals surface area contributed by atoms with Gasteiger partial charge < -0.3 is 5.32 Å². The molecule has 0 bridgehead atoms. The third-order valence-electron chi connectivity index (χ3n) is 3.94. The zero-order valence-electron chi connectivity index (χ0n) is 14.2. The van der Waals surface area contributed by atoms with E-state index in [9.17, 15) is 22.4 Å². The number of hydrogen-bond acceptors (Lipinski definition) is 2. The minimum Gasteiger partial charge on any atom is -0.347 e. The molecule has 0 aliphatic rings. The zero-order valence-corrected chi connectivity index (χ0v) is 14.2. The van der Waals surface area contributed by atoms with E-state index in [-0.39, 0.29) is 11.3 Å². The Morgan fingerprint density at radius 3 is 2.48 bits per heavy atom. The van der Waals surface area contributed by atoms with Gasteiger partial charge in [-0.1, -0.05) is 24.3 Å². The normalized spacial score (nSPS) is 11.4. The van der Waals surface area contributed by atoms with E-state index in [1.807, 2.05) is 30.3 Å². The number of nitrogens with one attached hydrogen (secondary N) is 1. The molecule has 0 fully saturated rings. The summed E-state index contributed by atoms with van der Waals surface area (Å²) in [6, 6.07) is 13.0. The smallest absolute Gasteiger partial charge is 0.347 e. The highest BCUT2D eigenvalue weighted by molar-refractivity contribution is 5.92. The first-order valence-electron chi connectivity index (χ1n) is 8.01. The number of carbonyl (C=O) groups excluding carboxylic acids is 1. The van der Waals surface area contributed by atoms with Crippen LogP contribution in [0, 0.1) is 12.7 Å². The number of rotatable bonds is 4. The highest BCUT2D eigenvalue weighted by Gasteiger charge is 2.33. The second-order valence-corrected chi connectivity index (χ2v) is 5.90. The third kappa shape index (κ3) is 4.16. The number of nitrogens with zero attached hydrogens (tertiary/aromatic N) is 2. The number of alkyl halides is 3. The van der Waals surface area contributed by atoms with E-state index in [1.165, 1.54) is 6.07 Å². The van der Waals surface area contributed by atoms with Crippen molar-refractivity contribution in [2.45, 2.75) is 19.6 Å². The van der Waals surface area contributed by atoms with Gasteiger partial charge in [-0.05, 0) is 42.8 Å². The molecule has 1 amide bonds. The first-order chi connectivity index (χ1) is 12.8. The van der Waals surface area contributed by atoms with Gasteiger partial charge in [-0.2, -0.15) is 18.3 Å². The Kier molecular flexibility index (Phi) is 4.98. The second kappa shape index (κ2) is 7.22. The summed E-state index contributed by atoms with van der Waals surface area (Å²) in [5.41, 5.74) is 0.188. The Balaban J connectivity index is 1.78. The quantitative estimate of drug-likeness (QED) is 0.691. The maximum absolute atomic E-state index is 13.1. The van der Waals surface area contributed by atoms with Crippen LogP contribution in [0.5, 0.6) is 0 Å². The molecule has 0 radical (unpaired) electrons. The summed E-state index contributed by atoms with van der Waals surface area (Å²) in [6.45, 7) is 1.36. The van der Waals surface area contributed by atoms with Crippen LogP contribution in [0.3, 0.4) is 0 Å². The number of benzene rings is 2. The van der Waals surface area contributed by atoms with Gasteiger partial charge in [0.15, 0.2) is 5.69 Å². The van der Waals surface area contributed by atoms with Crippen LogP contribution in [0.25, 0.3) is 5.69 Å². The van der Waals surface area contributed by atoms with E-state index in [0.29, 0.717) is 11.8 Å². The molecule has 0 saturated heterocycles. The Morgan fingerprint density at radius 2 is 1.81 bits per heavy atom. The molecule has 2 aromatic carbocycles. The van der Waals surface area contributed by atoms with Gasteiger partial charge in [-0.25, -0.2) is 9.07 Å². The van der Waals surface area contributed by atoms with Crippen LogP contribution in [0.2, 0.25) is 0 Å². The molecule has 1 aromatic heterocycles. The first kappa shape index (κ1) is 18.6. The summed E-state index contributed by atoms with van der Waals surface area (Å²) in [6.07, 6.45) is -4.71. The van der Waals surface area contributed by atoms with Crippen molar-refractivity contribution in [3.8, 4) is 5.69 Å². The number of aryl methyl sites for hydroxylation is 1. The van der Waals surface area contributed by atoms with Crippen LogP contribution in [-0.2, 0) is 12.7 Å². The van der Waals surface area contributed by atoms with Crippen molar-refractivity contribution in [3.63, 3.8) is 0 Å². The van der Waals surface area contributed by atoms with Gasteiger partial charge in [0.1, 0.15) is 5.82 Å². The molecule has 0 saturated carbocycles. The second-order valence-electron chi connectivity index (χ2n) is 5.90. The van der Waals surface area contributed by atoms with Crippen molar-refractivity contribution in [3.05, 3.63) is 82.9 Å². The SMILES string of the molecule is Cc1cc(C(=O)NCc2ccc(F)cc2C(F)(F)F)nn1-c1ccccc1. The first-order valence-corrected chi connectivity index (χ1v) is 8.01. The van der Waals surface area contributed by atoms with E-state index >= 15 is 0 Å². The Morgan fingerprint density at radius 1 is 1.11 bits per heavy atom. The molecule has 0 aliphatic heterocycles. The van der Waals surface area contributed by atoms with E-state index in [2.05, 4.69) is 10.4 Å². The highest BCUT2D eigenvalue weighted by atomic mass is 19.4. The lowest BCUT2D eigenvalue weighted by Crippen LogP contribution is -2.25. The molecule has 0 unspecified atom stereocenters. The van der Waals surface area contributed by atoms with E-state index in [4.69, 9.17) is 0 Å². The maximum atomic E-state index is 13.1. The predicted molar refractivity (Wildman–Crippen MR) is 90.9 cm³/mol. The van der Waals surface area contributed by atoms with Gasteiger partial charge in [0.2, 0.25) is 0 Å². The lowest BCUT2D eigenvalue weighted by molar-refractivity contribution is -0.138. The van der Waals surface area contributed by atoms with Gasteiger partial charge in [0.25, 0.3) is 5.91 Å². The average Bonchev–Trinajstić information content (AvgIpc) is 3.02. The molecule has 1 N–H and O–H groups in total. The maximum Gasteiger partial charge on any atom is 0.416 e. The molecular formula is C19H15F4N3O. The number of halogens is 4. The van der Waals surface area contributed by atoms with E-state index in [0.717, 1.165) is 17.8 Å². The minimum absolute atomic E-state index is 0.0759. The standard InChI is InChI=1S/C19H15F4N3O/c1-12-9-17(25-26(12)15-5-3-2-4-6-15)18(27)24-11-13-7-8-14(20)10-16(13)19(21,22)23/h2-10H,11H2,1H3,(H,24,27). The lowest BCUT2D eigenvalue weighted by Gasteiger charge is -2.13. The molecular weight excluding hydrogens is 362 g/mol. The largest absolute Gasteiger partial charge is 0.416 e. The van der Waals surface area contributed by atoms with Crippen molar-refractivity contribution in [2.24, 2.45) is 0 Å². The van der Waals surface area contributed by atoms with Crippen molar-refractivity contribution in [1.82, 2.24) is 15.1 Å². The fraction of sp³-hybridized carbons (Fsp3) is 0.158. The molecule has 140 valence electrons. The van der Waals surface area contributed by atoms with Crippen LogP contribution in [0.4, 0.5) is 17.6 Å².